The zero-order chi connectivity index (χ0) is 22.7. The Bertz CT molecular complexity index is 1190. The highest BCUT2D eigenvalue weighted by atomic mass is 32.1. The highest BCUT2D eigenvalue weighted by molar-refractivity contribution is 7.16. The average Bonchev–Trinajstić information content (AvgIpc) is 3.01. The molecule has 0 aliphatic heterocycles. The Morgan fingerprint density at radius 3 is 2.52 bits per heavy atom. The summed E-state index contributed by atoms with van der Waals surface area (Å²) in [5, 5.41) is 12.1. The summed E-state index contributed by atoms with van der Waals surface area (Å²) in [6.45, 7) is 11.6. The topological polar surface area (TPSA) is 95.6 Å². The van der Waals surface area contributed by atoms with Crippen molar-refractivity contribution < 1.29 is 18.7 Å². The fourth-order valence-electron chi connectivity index (χ4n) is 3.41. The van der Waals surface area contributed by atoms with Crippen molar-refractivity contribution in [3.8, 4) is 0 Å². The molecule has 0 aliphatic carbocycles. The van der Waals surface area contributed by atoms with Crippen molar-refractivity contribution in [1.82, 2.24) is 0 Å². The van der Waals surface area contributed by atoms with E-state index < -0.39 is 11.9 Å². The standard InChI is InChI=1S/C23H27N3O4S/c1-6-26(7-2)16-10-9-15-11-17(20(24)30-18(15)12-16)21(27)25-22-19(23(28)29-8-3)13(4)14(5)31-22/h9-12,24H,6-8H2,1-5H3,(H,25,27). The number of carbonyl (C=O) groups excluding carboxylic acids is 2. The van der Waals surface area contributed by atoms with Gasteiger partial charge < -0.3 is 19.4 Å². The van der Waals surface area contributed by atoms with Crippen LogP contribution < -0.4 is 15.8 Å². The number of thiophene rings is 1. The minimum absolute atomic E-state index is 0.0987. The quantitative estimate of drug-likeness (QED) is 0.510. The van der Waals surface area contributed by atoms with Crippen LogP contribution in [0.2, 0.25) is 0 Å². The molecule has 1 amide bonds. The zero-order valence-electron chi connectivity index (χ0n) is 18.4. The van der Waals surface area contributed by atoms with Crippen LogP contribution in [0.4, 0.5) is 10.7 Å². The first-order valence-electron chi connectivity index (χ1n) is 10.3. The molecule has 2 N–H and O–H groups in total. The van der Waals surface area contributed by atoms with Crippen LogP contribution in [0.5, 0.6) is 0 Å². The summed E-state index contributed by atoms with van der Waals surface area (Å²) in [5.74, 6) is -0.979. The van der Waals surface area contributed by atoms with Crippen LogP contribution in [0.3, 0.4) is 0 Å². The molecular formula is C23H27N3O4S. The molecule has 0 saturated carbocycles. The lowest BCUT2D eigenvalue weighted by Crippen LogP contribution is -2.22. The number of esters is 1. The summed E-state index contributed by atoms with van der Waals surface area (Å²) in [6.07, 6.45) is 0. The van der Waals surface area contributed by atoms with E-state index in [0.717, 1.165) is 34.6 Å². The number of aryl methyl sites for hydroxylation is 1. The third-order valence-corrected chi connectivity index (χ3v) is 6.34. The van der Waals surface area contributed by atoms with Gasteiger partial charge in [0.15, 0.2) is 0 Å². The highest BCUT2D eigenvalue weighted by Gasteiger charge is 2.23. The Kier molecular flexibility index (Phi) is 6.80. The van der Waals surface area contributed by atoms with E-state index in [2.05, 4.69) is 24.1 Å². The molecule has 0 atom stereocenters. The van der Waals surface area contributed by atoms with Crippen molar-refractivity contribution in [2.45, 2.75) is 34.6 Å². The van der Waals surface area contributed by atoms with E-state index in [1.165, 1.54) is 11.3 Å². The lowest BCUT2D eigenvalue weighted by molar-refractivity contribution is 0.0527. The van der Waals surface area contributed by atoms with Crippen LogP contribution >= 0.6 is 11.3 Å². The van der Waals surface area contributed by atoms with E-state index in [9.17, 15) is 9.59 Å². The van der Waals surface area contributed by atoms with Crippen molar-refractivity contribution >= 4 is 44.9 Å². The van der Waals surface area contributed by atoms with Gasteiger partial charge in [-0.05, 0) is 58.4 Å². The van der Waals surface area contributed by atoms with Gasteiger partial charge in [0.05, 0.1) is 12.2 Å². The summed E-state index contributed by atoms with van der Waals surface area (Å²) in [6, 6.07) is 7.37. The van der Waals surface area contributed by atoms with Crippen molar-refractivity contribution in [1.29, 1.82) is 5.41 Å². The summed E-state index contributed by atoms with van der Waals surface area (Å²) >= 11 is 1.31. The molecule has 8 heteroatoms. The Labute approximate surface area is 185 Å². The fourth-order valence-corrected chi connectivity index (χ4v) is 4.45. The van der Waals surface area contributed by atoms with Crippen molar-refractivity contribution in [3.05, 3.63) is 51.4 Å². The second kappa shape index (κ2) is 9.34. The van der Waals surface area contributed by atoms with Crippen molar-refractivity contribution in [2.75, 3.05) is 29.9 Å². The third kappa shape index (κ3) is 4.49. The van der Waals surface area contributed by atoms with E-state index in [-0.39, 0.29) is 17.7 Å². The number of rotatable bonds is 7. The Balaban J connectivity index is 1.96. The monoisotopic (exact) mass is 441 g/mol. The number of anilines is 2. The number of nitrogens with zero attached hydrogens (tertiary/aromatic N) is 1. The molecular weight excluding hydrogens is 414 g/mol. The molecule has 0 fully saturated rings. The summed E-state index contributed by atoms with van der Waals surface area (Å²) in [5.41, 5.74) is 2.54. The maximum absolute atomic E-state index is 13.0. The third-order valence-electron chi connectivity index (χ3n) is 5.22. The molecule has 2 aromatic heterocycles. The van der Waals surface area contributed by atoms with Gasteiger partial charge in [-0.25, -0.2) is 4.79 Å². The number of benzene rings is 1. The normalized spacial score (nSPS) is 10.9. The van der Waals surface area contributed by atoms with E-state index in [0.29, 0.717) is 16.1 Å². The van der Waals surface area contributed by atoms with E-state index in [4.69, 9.17) is 14.6 Å². The summed E-state index contributed by atoms with van der Waals surface area (Å²) < 4.78 is 10.8. The molecule has 7 nitrogen and oxygen atoms in total. The van der Waals surface area contributed by atoms with Gasteiger partial charge in [0.2, 0.25) is 5.55 Å². The van der Waals surface area contributed by atoms with E-state index in [1.54, 1.807) is 13.0 Å². The molecule has 0 radical (unpaired) electrons. The molecule has 0 spiro atoms. The summed E-state index contributed by atoms with van der Waals surface area (Å²) in [7, 11) is 0. The molecule has 0 aliphatic rings. The molecule has 31 heavy (non-hydrogen) atoms. The second-order valence-electron chi connectivity index (χ2n) is 7.05. The predicted octanol–water partition coefficient (Wildman–Crippen LogP) is 4.87. The second-order valence-corrected chi connectivity index (χ2v) is 8.27. The van der Waals surface area contributed by atoms with Crippen molar-refractivity contribution in [3.63, 3.8) is 0 Å². The van der Waals surface area contributed by atoms with Gasteiger partial charge >= 0.3 is 5.97 Å². The zero-order valence-corrected chi connectivity index (χ0v) is 19.2. The van der Waals surface area contributed by atoms with Crippen LogP contribution in [0, 0.1) is 19.3 Å². The minimum Gasteiger partial charge on any atom is -0.462 e. The SMILES string of the molecule is CCOC(=O)c1c(NC(=O)c2cc3ccc(N(CC)CC)cc3oc2=N)sc(C)c1C. The number of hydrogen-bond acceptors (Lipinski definition) is 7. The van der Waals surface area contributed by atoms with Crippen molar-refractivity contribution in [2.24, 2.45) is 0 Å². The van der Waals surface area contributed by atoms with Gasteiger partial charge in [-0.1, -0.05) is 0 Å². The van der Waals surface area contributed by atoms with E-state index in [1.807, 2.05) is 32.0 Å². The maximum atomic E-state index is 13.0. The minimum atomic E-state index is -0.504. The molecule has 3 aromatic rings. The molecule has 0 unspecified atom stereocenters. The lowest BCUT2D eigenvalue weighted by atomic mass is 10.1. The van der Waals surface area contributed by atoms with Crippen LogP contribution in [0.15, 0.2) is 28.7 Å². The fraction of sp³-hybridized carbons (Fsp3) is 0.348. The van der Waals surface area contributed by atoms with Crippen LogP contribution in [0.25, 0.3) is 11.0 Å². The number of carbonyl (C=O) groups is 2. The molecule has 0 saturated heterocycles. The number of hydrogen-bond donors (Lipinski definition) is 2. The molecule has 2 heterocycles. The average molecular weight is 442 g/mol. The smallest absolute Gasteiger partial charge is 0.341 e. The highest BCUT2D eigenvalue weighted by Crippen LogP contribution is 2.33. The summed E-state index contributed by atoms with van der Waals surface area (Å²) in [4.78, 5) is 28.4. The van der Waals surface area contributed by atoms with Crippen LogP contribution in [-0.2, 0) is 4.74 Å². The van der Waals surface area contributed by atoms with Crippen LogP contribution in [-0.4, -0.2) is 31.6 Å². The van der Waals surface area contributed by atoms with Gasteiger partial charge in [0.1, 0.15) is 16.1 Å². The number of amides is 1. The molecule has 0 bridgehead atoms. The first kappa shape index (κ1) is 22.6. The first-order valence-corrected chi connectivity index (χ1v) is 11.1. The van der Waals surface area contributed by atoms with Gasteiger partial charge in [0.25, 0.3) is 5.91 Å². The van der Waals surface area contributed by atoms with Gasteiger partial charge in [-0.15, -0.1) is 11.3 Å². The Morgan fingerprint density at radius 1 is 1.16 bits per heavy atom. The van der Waals surface area contributed by atoms with Gasteiger partial charge in [-0.3, -0.25) is 10.2 Å². The number of fused-ring (bicyclic) bond motifs is 1. The maximum Gasteiger partial charge on any atom is 0.341 e. The lowest BCUT2D eigenvalue weighted by Gasteiger charge is -2.21. The molecule has 3 rings (SSSR count). The first-order chi connectivity index (χ1) is 14.8. The van der Waals surface area contributed by atoms with Crippen LogP contribution in [0.1, 0.15) is 51.9 Å². The molecule has 164 valence electrons. The van der Waals surface area contributed by atoms with Gasteiger partial charge in [-0.2, -0.15) is 0 Å². The number of ether oxygens (including phenoxy) is 1. The van der Waals surface area contributed by atoms with Gasteiger partial charge in [0, 0.05) is 35.1 Å². The Morgan fingerprint density at radius 2 is 1.87 bits per heavy atom. The Hall–Kier alpha value is -3.13. The van der Waals surface area contributed by atoms with E-state index >= 15 is 0 Å². The number of nitrogens with one attached hydrogen (secondary N) is 2. The largest absolute Gasteiger partial charge is 0.462 e. The predicted molar refractivity (Wildman–Crippen MR) is 123 cm³/mol. The molecule has 1 aromatic carbocycles.